The van der Waals surface area contributed by atoms with Crippen LogP contribution in [0.1, 0.15) is 54.4 Å². The highest BCUT2D eigenvalue weighted by atomic mass is 19.4. The van der Waals surface area contributed by atoms with Gasteiger partial charge in [-0.2, -0.15) is 13.2 Å². The van der Waals surface area contributed by atoms with Gasteiger partial charge in [0.05, 0.1) is 5.56 Å². The van der Waals surface area contributed by atoms with Gasteiger partial charge in [0.15, 0.2) is 0 Å². The Labute approximate surface area is 244 Å². The van der Waals surface area contributed by atoms with E-state index in [-0.39, 0.29) is 5.69 Å². The Bertz CT molecular complexity index is 1420. The second-order valence-corrected chi connectivity index (χ2v) is 10.8. The van der Waals surface area contributed by atoms with Crippen LogP contribution >= 0.6 is 0 Å². The van der Waals surface area contributed by atoms with Gasteiger partial charge in [0.2, 0.25) is 0 Å². The molecule has 0 unspecified atom stereocenters. The molecule has 1 aromatic heterocycles. The number of alkyl halides is 3. The maximum atomic E-state index is 13.2. The third-order valence-electron chi connectivity index (χ3n) is 7.66. The van der Waals surface area contributed by atoms with Crippen molar-refractivity contribution in [3.05, 3.63) is 120 Å². The molecule has 0 bridgehead atoms. The number of anilines is 1. The first-order valence-corrected chi connectivity index (χ1v) is 14.4. The minimum absolute atomic E-state index is 0.289. The smallest absolute Gasteiger partial charge is 0.316 e. The molecule has 0 radical (unpaired) electrons. The van der Waals surface area contributed by atoms with Crippen LogP contribution in [0.15, 0.2) is 97.3 Å². The highest BCUT2D eigenvalue weighted by molar-refractivity contribution is 5.89. The third-order valence-corrected chi connectivity index (χ3v) is 7.66. The number of pyridine rings is 1. The van der Waals surface area contributed by atoms with E-state index in [9.17, 15) is 18.0 Å². The van der Waals surface area contributed by atoms with Gasteiger partial charge in [0, 0.05) is 43.8 Å². The van der Waals surface area contributed by atoms with E-state index in [1.54, 1.807) is 23.4 Å². The number of halogens is 3. The van der Waals surface area contributed by atoms with Crippen molar-refractivity contribution in [3.8, 4) is 11.1 Å². The zero-order valence-corrected chi connectivity index (χ0v) is 23.4. The van der Waals surface area contributed by atoms with Gasteiger partial charge in [-0.15, -0.1) is 0 Å². The Kier molecular flexibility index (Phi) is 9.54. The van der Waals surface area contributed by atoms with Crippen molar-refractivity contribution in [3.63, 3.8) is 0 Å². The quantitative estimate of drug-likeness (QED) is 0.212. The Morgan fingerprint density at radius 3 is 2.00 bits per heavy atom. The van der Waals surface area contributed by atoms with Crippen molar-refractivity contribution in [2.24, 2.45) is 0 Å². The summed E-state index contributed by atoms with van der Waals surface area (Å²) in [7, 11) is 0. The van der Waals surface area contributed by atoms with Crippen LogP contribution in [0.4, 0.5) is 23.7 Å². The lowest BCUT2D eigenvalue weighted by atomic mass is 9.95. The number of carbonyl (C=O) groups is 1. The fourth-order valence-electron chi connectivity index (χ4n) is 5.26. The predicted octanol–water partition coefficient (Wildman–Crippen LogP) is 8.42. The second kappa shape index (κ2) is 13.7. The minimum atomic E-state index is -4.44. The summed E-state index contributed by atoms with van der Waals surface area (Å²) in [5.74, 6) is 0. The molecule has 0 aliphatic heterocycles. The van der Waals surface area contributed by atoms with Crippen LogP contribution in [0.25, 0.3) is 11.1 Å². The Morgan fingerprint density at radius 1 is 0.786 bits per heavy atom. The van der Waals surface area contributed by atoms with Crippen LogP contribution in [-0.2, 0) is 25.8 Å². The molecule has 0 atom stereocenters. The fourth-order valence-corrected chi connectivity index (χ4v) is 5.26. The van der Waals surface area contributed by atoms with Gasteiger partial charge >= 0.3 is 12.2 Å². The molecule has 1 fully saturated rings. The largest absolute Gasteiger partial charge is 0.416 e. The van der Waals surface area contributed by atoms with E-state index >= 15 is 0 Å². The molecule has 2 N–H and O–H groups in total. The molecule has 1 heterocycles. The summed E-state index contributed by atoms with van der Waals surface area (Å²) >= 11 is 0. The number of hydrogen-bond acceptors (Lipinski definition) is 3. The molecule has 0 saturated heterocycles. The van der Waals surface area contributed by atoms with Gasteiger partial charge in [0.25, 0.3) is 0 Å². The number of nitrogens with one attached hydrogen (secondary N) is 2. The van der Waals surface area contributed by atoms with Crippen LogP contribution < -0.4 is 10.6 Å². The average molecular weight is 573 g/mol. The summed E-state index contributed by atoms with van der Waals surface area (Å²) in [4.78, 5) is 19.0. The first-order chi connectivity index (χ1) is 20.3. The Hall–Kier alpha value is -4.17. The number of rotatable bonds is 9. The van der Waals surface area contributed by atoms with Crippen molar-refractivity contribution >= 4 is 11.7 Å². The number of carbonyl (C=O) groups excluding carboxylic acids is 1. The molecule has 0 spiro atoms. The lowest BCUT2D eigenvalue weighted by Crippen LogP contribution is -2.34. The van der Waals surface area contributed by atoms with Gasteiger partial charge in [0.1, 0.15) is 0 Å². The standard InChI is InChI=1S/C34H35F3N4O/c35-34(36,37)30-16-18-32(19-17-30)40-33(42)41(24-27-5-4-20-38-21-27)23-26-10-14-29(15-11-26)28-12-8-25(9-13-28)22-39-31-6-2-1-3-7-31/h4-5,8-21,31,39H,1-3,6-7,22-24H2,(H,40,42). The zero-order chi connectivity index (χ0) is 29.4. The lowest BCUT2D eigenvalue weighted by molar-refractivity contribution is -0.137. The molecule has 3 aromatic carbocycles. The summed E-state index contributed by atoms with van der Waals surface area (Å²) in [6.45, 7) is 1.48. The molecule has 4 aromatic rings. The van der Waals surface area contributed by atoms with Gasteiger partial charge in [-0.25, -0.2) is 4.79 Å². The van der Waals surface area contributed by atoms with Crippen molar-refractivity contribution in [2.45, 2.75) is 64.0 Å². The van der Waals surface area contributed by atoms with E-state index in [1.807, 2.05) is 30.3 Å². The molecule has 1 saturated carbocycles. The van der Waals surface area contributed by atoms with Gasteiger partial charge in [-0.05, 0) is 71.0 Å². The molecule has 2 amide bonds. The molecule has 1 aliphatic carbocycles. The van der Waals surface area contributed by atoms with E-state index < -0.39 is 17.8 Å². The van der Waals surface area contributed by atoms with Crippen LogP contribution in [-0.4, -0.2) is 22.0 Å². The highest BCUT2D eigenvalue weighted by Crippen LogP contribution is 2.30. The number of amides is 2. The van der Waals surface area contributed by atoms with E-state index in [0.29, 0.717) is 19.1 Å². The number of hydrogen-bond donors (Lipinski definition) is 2. The molecule has 42 heavy (non-hydrogen) atoms. The van der Waals surface area contributed by atoms with E-state index in [0.717, 1.165) is 40.9 Å². The summed E-state index contributed by atoms with van der Waals surface area (Å²) < 4.78 is 38.8. The first kappa shape index (κ1) is 29.3. The number of nitrogens with zero attached hydrogens (tertiary/aromatic N) is 2. The van der Waals surface area contributed by atoms with Crippen molar-refractivity contribution < 1.29 is 18.0 Å². The monoisotopic (exact) mass is 572 g/mol. The third kappa shape index (κ3) is 8.19. The number of benzene rings is 3. The Balaban J connectivity index is 1.23. The predicted molar refractivity (Wildman–Crippen MR) is 160 cm³/mol. The molecule has 218 valence electrons. The first-order valence-electron chi connectivity index (χ1n) is 14.4. The van der Waals surface area contributed by atoms with Crippen molar-refractivity contribution in [1.82, 2.24) is 15.2 Å². The summed E-state index contributed by atoms with van der Waals surface area (Å²) in [5.41, 5.74) is 4.77. The van der Waals surface area contributed by atoms with E-state index in [2.05, 4.69) is 39.9 Å². The molecule has 1 aliphatic rings. The molecular formula is C34H35F3N4O. The van der Waals surface area contributed by atoms with Crippen molar-refractivity contribution in [1.29, 1.82) is 0 Å². The number of urea groups is 1. The van der Waals surface area contributed by atoms with Gasteiger partial charge in [-0.3, -0.25) is 4.98 Å². The lowest BCUT2D eigenvalue weighted by Gasteiger charge is -2.24. The Morgan fingerprint density at radius 2 is 1.40 bits per heavy atom. The average Bonchev–Trinajstić information content (AvgIpc) is 3.01. The van der Waals surface area contributed by atoms with Crippen LogP contribution in [0.2, 0.25) is 0 Å². The zero-order valence-electron chi connectivity index (χ0n) is 23.4. The topological polar surface area (TPSA) is 57.3 Å². The SMILES string of the molecule is O=C(Nc1ccc(C(F)(F)F)cc1)N(Cc1ccc(-c2ccc(CNC3CCCCC3)cc2)cc1)Cc1cccnc1. The summed E-state index contributed by atoms with van der Waals surface area (Å²) in [5, 5.41) is 6.42. The van der Waals surface area contributed by atoms with Gasteiger partial charge < -0.3 is 15.5 Å². The summed E-state index contributed by atoms with van der Waals surface area (Å²) in [6, 6.07) is 25.0. The summed E-state index contributed by atoms with van der Waals surface area (Å²) in [6.07, 6.45) is 5.43. The highest BCUT2D eigenvalue weighted by Gasteiger charge is 2.30. The maximum absolute atomic E-state index is 13.2. The van der Waals surface area contributed by atoms with Gasteiger partial charge in [-0.1, -0.05) is 73.9 Å². The fraction of sp³-hybridized carbons (Fsp3) is 0.294. The van der Waals surface area contributed by atoms with E-state index in [1.165, 1.54) is 49.8 Å². The number of aromatic nitrogens is 1. The molecule has 5 nitrogen and oxygen atoms in total. The minimum Gasteiger partial charge on any atom is -0.316 e. The maximum Gasteiger partial charge on any atom is 0.416 e. The van der Waals surface area contributed by atoms with Crippen molar-refractivity contribution in [2.75, 3.05) is 5.32 Å². The van der Waals surface area contributed by atoms with Crippen LogP contribution in [0.5, 0.6) is 0 Å². The molecule has 5 rings (SSSR count). The normalized spacial score (nSPS) is 14.0. The van der Waals surface area contributed by atoms with E-state index in [4.69, 9.17) is 0 Å². The van der Waals surface area contributed by atoms with Crippen LogP contribution in [0, 0.1) is 0 Å². The van der Waals surface area contributed by atoms with Crippen LogP contribution in [0.3, 0.4) is 0 Å². The second-order valence-electron chi connectivity index (χ2n) is 10.8. The molecular weight excluding hydrogens is 537 g/mol. The molecule has 8 heteroatoms.